The van der Waals surface area contributed by atoms with Crippen molar-refractivity contribution in [2.45, 2.75) is 26.8 Å². The Bertz CT molecular complexity index is 906. The van der Waals surface area contributed by atoms with E-state index >= 15 is 0 Å². The highest BCUT2D eigenvalue weighted by Crippen LogP contribution is 2.26. The minimum Gasteiger partial charge on any atom is -0.494 e. The third-order valence-corrected chi connectivity index (χ3v) is 5.48. The number of carbonyl (C=O) groups excluding carboxylic acids is 2. The van der Waals surface area contributed by atoms with Gasteiger partial charge >= 0.3 is 11.8 Å². The number of likely N-dealkylation sites (N-methyl/N-ethyl adjacent to an activating group) is 1. The van der Waals surface area contributed by atoms with Crippen LogP contribution >= 0.6 is 0 Å². The number of aryl methyl sites for hydroxylation is 1. The number of hydrogen-bond acceptors (Lipinski definition) is 5. The Hall–Kier alpha value is -3.06. The molecule has 2 amide bonds. The van der Waals surface area contributed by atoms with E-state index in [1.807, 2.05) is 63.2 Å². The largest absolute Gasteiger partial charge is 0.494 e. The Morgan fingerprint density at radius 1 is 1.03 bits per heavy atom. The smallest absolute Gasteiger partial charge is 0.313 e. The summed E-state index contributed by atoms with van der Waals surface area (Å²) in [6.07, 6.45) is 0. The average Bonchev–Trinajstić information content (AvgIpc) is 2.76. The molecule has 1 aliphatic rings. The van der Waals surface area contributed by atoms with E-state index < -0.39 is 11.8 Å². The molecule has 1 aliphatic heterocycles. The van der Waals surface area contributed by atoms with Crippen LogP contribution in [-0.4, -0.2) is 56.5 Å². The van der Waals surface area contributed by atoms with Crippen molar-refractivity contribution in [2.75, 3.05) is 50.1 Å². The van der Waals surface area contributed by atoms with Crippen LogP contribution in [0.2, 0.25) is 0 Å². The van der Waals surface area contributed by atoms with E-state index in [0.717, 1.165) is 43.0 Å². The van der Waals surface area contributed by atoms with Crippen molar-refractivity contribution in [2.24, 2.45) is 0 Å². The van der Waals surface area contributed by atoms with Gasteiger partial charge in [0, 0.05) is 43.1 Å². The SMILES string of the molecule is CCOc1ccc(C)cc1C(C)NC(=O)C(=O)Nc1ccc(N2CCN(C)CC2)cc1. The van der Waals surface area contributed by atoms with Gasteiger partial charge in [0.2, 0.25) is 0 Å². The standard InChI is InChI=1S/C24H32N4O3/c1-5-31-22-11-6-17(2)16-21(22)18(3)25-23(29)24(30)26-19-7-9-20(10-8-19)28-14-12-27(4)13-15-28/h6-11,16,18H,5,12-15H2,1-4H3,(H,25,29)(H,26,30). The molecular formula is C24H32N4O3. The lowest BCUT2D eigenvalue weighted by molar-refractivity contribution is -0.136. The molecule has 1 fully saturated rings. The Morgan fingerprint density at radius 2 is 1.71 bits per heavy atom. The molecule has 0 bridgehead atoms. The monoisotopic (exact) mass is 424 g/mol. The number of anilines is 2. The highest BCUT2D eigenvalue weighted by atomic mass is 16.5. The first-order valence-corrected chi connectivity index (χ1v) is 10.8. The fourth-order valence-corrected chi connectivity index (χ4v) is 3.64. The Morgan fingerprint density at radius 3 is 2.35 bits per heavy atom. The number of piperazine rings is 1. The van der Waals surface area contributed by atoms with Gasteiger partial charge in [-0.15, -0.1) is 0 Å². The van der Waals surface area contributed by atoms with Crippen molar-refractivity contribution in [1.82, 2.24) is 10.2 Å². The molecule has 0 spiro atoms. The second-order valence-corrected chi connectivity index (χ2v) is 7.96. The van der Waals surface area contributed by atoms with E-state index in [2.05, 4.69) is 27.5 Å². The molecule has 7 nitrogen and oxygen atoms in total. The summed E-state index contributed by atoms with van der Waals surface area (Å²) >= 11 is 0. The third-order valence-electron chi connectivity index (χ3n) is 5.48. The van der Waals surface area contributed by atoms with Gasteiger partial charge in [0.15, 0.2) is 0 Å². The van der Waals surface area contributed by atoms with Crippen LogP contribution < -0.4 is 20.3 Å². The maximum atomic E-state index is 12.5. The van der Waals surface area contributed by atoms with Gasteiger partial charge in [0.05, 0.1) is 12.6 Å². The van der Waals surface area contributed by atoms with Gasteiger partial charge in [-0.3, -0.25) is 9.59 Å². The number of nitrogens with zero attached hydrogens (tertiary/aromatic N) is 2. The molecule has 3 rings (SSSR count). The molecule has 0 aromatic heterocycles. The zero-order chi connectivity index (χ0) is 22.4. The van der Waals surface area contributed by atoms with E-state index in [0.29, 0.717) is 18.0 Å². The van der Waals surface area contributed by atoms with Gasteiger partial charge in [-0.2, -0.15) is 0 Å². The van der Waals surface area contributed by atoms with Crippen LogP contribution in [0.15, 0.2) is 42.5 Å². The van der Waals surface area contributed by atoms with Crippen LogP contribution in [-0.2, 0) is 9.59 Å². The Balaban J connectivity index is 1.58. The van der Waals surface area contributed by atoms with Crippen molar-refractivity contribution in [3.05, 3.63) is 53.6 Å². The molecule has 1 heterocycles. The number of carbonyl (C=O) groups is 2. The van der Waals surface area contributed by atoms with Crippen LogP contribution in [0.4, 0.5) is 11.4 Å². The van der Waals surface area contributed by atoms with E-state index in [9.17, 15) is 9.59 Å². The van der Waals surface area contributed by atoms with Crippen LogP contribution in [0.3, 0.4) is 0 Å². The summed E-state index contributed by atoms with van der Waals surface area (Å²) in [5, 5.41) is 5.44. The van der Waals surface area contributed by atoms with Gasteiger partial charge in [-0.1, -0.05) is 17.7 Å². The summed E-state index contributed by atoms with van der Waals surface area (Å²) in [4.78, 5) is 29.5. The van der Waals surface area contributed by atoms with Gasteiger partial charge in [0.1, 0.15) is 5.75 Å². The Labute approximate surface area is 184 Å². The zero-order valence-electron chi connectivity index (χ0n) is 18.8. The number of ether oxygens (including phenoxy) is 1. The molecule has 1 saturated heterocycles. The van der Waals surface area contributed by atoms with Crippen LogP contribution in [0, 0.1) is 6.92 Å². The lowest BCUT2D eigenvalue weighted by atomic mass is 10.0. The number of rotatable bonds is 6. The molecule has 2 N–H and O–H groups in total. The maximum absolute atomic E-state index is 12.5. The summed E-state index contributed by atoms with van der Waals surface area (Å²) < 4.78 is 5.66. The molecule has 166 valence electrons. The second-order valence-electron chi connectivity index (χ2n) is 7.96. The quantitative estimate of drug-likeness (QED) is 0.698. The summed E-state index contributed by atoms with van der Waals surface area (Å²) in [5.74, 6) is -0.662. The lowest BCUT2D eigenvalue weighted by Crippen LogP contribution is -2.44. The number of benzene rings is 2. The third kappa shape index (κ3) is 5.98. The maximum Gasteiger partial charge on any atom is 0.313 e. The molecule has 7 heteroatoms. The lowest BCUT2D eigenvalue weighted by Gasteiger charge is -2.34. The van der Waals surface area contributed by atoms with E-state index in [-0.39, 0.29) is 6.04 Å². The molecule has 2 aromatic carbocycles. The number of hydrogen-bond donors (Lipinski definition) is 2. The van der Waals surface area contributed by atoms with Crippen molar-refractivity contribution in [1.29, 1.82) is 0 Å². The molecule has 2 aromatic rings. The van der Waals surface area contributed by atoms with Crippen LogP contribution in [0.5, 0.6) is 5.75 Å². The van der Waals surface area contributed by atoms with Crippen molar-refractivity contribution in [3.8, 4) is 5.75 Å². The molecule has 1 atom stereocenters. The normalized spacial score (nSPS) is 15.3. The minimum absolute atomic E-state index is 0.362. The van der Waals surface area contributed by atoms with E-state index in [1.54, 1.807) is 0 Å². The second kappa shape index (κ2) is 10.3. The summed E-state index contributed by atoms with van der Waals surface area (Å²) in [5.41, 5.74) is 3.62. The summed E-state index contributed by atoms with van der Waals surface area (Å²) in [6, 6.07) is 13.1. The molecule has 0 saturated carbocycles. The zero-order valence-corrected chi connectivity index (χ0v) is 18.8. The average molecular weight is 425 g/mol. The van der Waals surface area contributed by atoms with Crippen molar-refractivity contribution in [3.63, 3.8) is 0 Å². The fraction of sp³-hybridized carbons (Fsp3) is 0.417. The van der Waals surface area contributed by atoms with Gasteiger partial charge in [-0.05, 0) is 58.2 Å². The first-order valence-electron chi connectivity index (χ1n) is 10.8. The van der Waals surface area contributed by atoms with Crippen molar-refractivity contribution >= 4 is 23.2 Å². The molecule has 0 radical (unpaired) electrons. The number of nitrogens with one attached hydrogen (secondary N) is 2. The molecular weight excluding hydrogens is 392 g/mol. The van der Waals surface area contributed by atoms with Crippen molar-refractivity contribution < 1.29 is 14.3 Å². The first kappa shape index (κ1) is 22.6. The first-order chi connectivity index (χ1) is 14.9. The molecule has 1 unspecified atom stereocenters. The van der Waals surface area contributed by atoms with Gasteiger partial charge in [0.25, 0.3) is 0 Å². The predicted octanol–water partition coefficient (Wildman–Crippen LogP) is 2.96. The minimum atomic E-state index is -0.690. The fourth-order valence-electron chi connectivity index (χ4n) is 3.64. The number of amides is 2. The molecule has 0 aliphatic carbocycles. The summed E-state index contributed by atoms with van der Waals surface area (Å²) in [6.45, 7) is 10.3. The predicted molar refractivity (Wildman–Crippen MR) is 124 cm³/mol. The molecule has 31 heavy (non-hydrogen) atoms. The van der Waals surface area contributed by atoms with Crippen LogP contribution in [0.1, 0.15) is 31.0 Å². The Kier molecular flexibility index (Phi) is 7.52. The highest BCUT2D eigenvalue weighted by molar-refractivity contribution is 6.39. The highest BCUT2D eigenvalue weighted by Gasteiger charge is 2.20. The van der Waals surface area contributed by atoms with Gasteiger partial charge < -0.3 is 25.2 Å². The van der Waals surface area contributed by atoms with E-state index in [4.69, 9.17) is 4.74 Å². The topological polar surface area (TPSA) is 73.9 Å². The van der Waals surface area contributed by atoms with E-state index in [1.165, 1.54) is 0 Å². The van der Waals surface area contributed by atoms with Crippen LogP contribution in [0.25, 0.3) is 0 Å². The summed E-state index contributed by atoms with van der Waals surface area (Å²) in [7, 11) is 2.12. The van der Waals surface area contributed by atoms with Gasteiger partial charge in [-0.25, -0.2) is 0 Å².